The molecule has 1 unspecified atom stereocenters. The molecule has 0 saturated carbocycles. The molecule has 0 aliphatic carbocycles. The molecule has 1 amide bonds. The second-order valence-electron chi connectivity index (χ2n) is 7.67. The highest BCUT2D eigenvalue weighted by atomic mass is 32.2. The van der Waals surface area contributed by atoms with E-state index in [-0.39, 0.29) is 6.42 Å². The second-order valence-corrected chi connectivity index (χ2v) is 9.96. The van der Waals surface area contributed by atoms with Crippen molar-refractivity contribution in [3.63, 3.8) is 0 Å². The first-order chi connectivity index (χ1) is 14.2. The molecule has 3 rings (SSSR count). The van der Waals surface area contributed by atoms with Crippen molar-refractivity contribution in [2.45, 2.75) is 38.4 Å². The molecule has 1 aliphatic rings. The van der Waals surface area contributed by atoms with E-state index in [4.69, 9.17) is 9.47 Å². The molecule has 0 bridgehead atoms. The molecular formula is C22H28N2O5S. The number of benzene rings is 2. The van der Waals surface area contributed by atoms with Crippen LogP contribution in [0.2, 0.25) is 0 Å². The number of carbonyl (C=O) groups is 1. The summed E-state index contributed by atoms with van der Waals surface area (Å²) in [7, 11) is -0.947. The van der Waals surface area contributed by atoms with Crippen LogP contribution in [0.25, 0.3) is 0 Å². The van der Waals surface area contributed by atoms with Crippen LogP contribution in [0.3, 0.4) is 0 Å². The molecule has 1 N–H and O–H groups in total. The molecule has 1 fully saturated rings. The molecule has 1 heterocycles. The zero-order valence-corrected chi connectivity index (χ0v) is 18.8. The van der Waals surface area contributed by atoms with Crippen molar-refractivity contribution >= 4 is 27.3 Å². The van der Waals surface area contributed by atoms with E-state index in [1.54, 1.807) is 18.2 Å². The van der Waals surface area contributed by atoms with Gasteiger partial charge in [-0.25, -0.2) is 8.42 Å². The molecule has 1 atom stereocenters. The van der Waals surface area contributed by atoms with Crippen LogP contribution < -0.4 is 19.1 Å². The second kappa shape index (κ2) is 8.18. The summed E-state index contributed by atoms with van der Waals surface area (Å²) in [4.78, 5) is 13.3. The van der Waals surface area contributed by atoms with Crippen LogP contribution in [0.15, 0.2) is 36.4 Å². The Kier molecular flexibility index (Phi) is 5.99. The highest BCUT2D eigenvalue weighted by Gasteiger charge is 2.52. The van der Waals surface area contributed by atoms with E-state index in [1.165, 1.54) is 25.4 Å². The number of hydrogen-bond donors (Lipinski definition) is 1. The van der Waals surface area contributed by atoms with Gasteiger partial charge in [-0.3, -0.25) is 9.10 Å². The van der Waals surface area contributed by atoms with Crippen LogP contribution in [0.5, 0.6) is 11.5 Å². The van der Waals surface area contributed by atoms with Crippen molar-refractivity contribution in [1.29, 1.82) is 0 Å². The van der Waals surface area contributed by atoms with E-state index in [0.717, 1.165) is 11.1 Å². The average molecular weight is 433 g/mol. The quantitative estimate of drug-likeness (QED) is 0.780. The van der Waals surface area contributed by atoms with Crippen LogP contribution in [-0.2, 0) is 14.8 Å². The molecule has 0 aromatic heterocycles. The van der Waals surface area contributed by atoms with Crippen molar-refractivity contribution in [3.05, 3.63) is 47.5 Å². The number of ether oxygens (including phenoxy) is 2. The number of nitrogens with one attached hydrogen (secondary N) is 1. The number of sulfonamides is 1. The monoisotopic (exact) mass is 432 g/mol. The predicted octanol–water partition coefficient (Wildman–Crippen LogP) is 3.65. The fraction of sp³-hybridized carbons (Fsp3) is 0.409. The van der Waals surface area contributed by atoms with Crippen molar-refractivity contribution < 1.29 is 22.7 Å². The summed E-state index contributed by atoms with van der Waals surface area (Å²) >= 11 is 0. The Labute approximate surface area is 178 Å². The maximum Gasteiger partial charge on any atom is 0.249 e. The van der Waals surface area contributed by atoms with Gasteiger partial charge in [0.15, 0.2) is 4.75 Å². The minimum atomic E-state index is -3.96. The van der Waals surface area contributed by atoms with Gasteiger partial charge >= 0.3 is 0 Å². The van der Waals surface area contributed by atoms with E-state index >= 15 is 0 Å². The lowest BCUT2D eigenvalue weighted by Gasteiger charge is -2.40. The molecule has 2 aromatic carbocycles. The number of hydrogen-bond acceptors (Lipinski definition) is 5. The number of anilines is 2. The first-order valence-electron chi connectivity index (χ1n) is 9.77. The number of nitrogens with zero attached hydrogens (tertiary/aromatic N) is 1. The standard InChI is InChI=1S/C22H28N2O5S/c1-15-8-6-9-16(2)20(15)24-13-7-12-22(3,30(24,26)27)21(25)23-18-11-10-17(28-4)14-19(18)29-5/h6,8-11,14H,7,12-13H2,1-5H3,(H,23,25). The largest absolute Gasteiger partial charge is 0.497 e. The Bertz CT molecular complexity index is 1050. The highest BCUT2D eigenvalue weighted by molar-refractivity contribution is 7.95. The summed E-state index contributed by atoms with van der Waals surface area (Å²) in [6.45, 7) is 5.61. The average Bonchev–Trinajstić information content (AvgIpc) is 2.71. The van der Waals surface area contributed by atoms with Crippen molar-refractivity contribution in [2.75, 3.05) is 30.4 Å². The molecule has 0 radical (unpaired) electrons. The lowest BCUT2D eigenvalue weighted by molar-refractivity contribution is -0.118. The lowest BCUT2D eigenvalue weighted by atomic mass is 10.0. The summed E-state index contributed by atoms with van der Waals surface area (Å²) in [5.41, 5.74) is 2.77. The number of carbonyl (C=O) groups excluding carboxylic acids is 1. The lowest BCUT2D eigenvalue weighted by Crippen LogP contribution is -2.57. The molecular weight excluding hydrogens is 404 g/mol. The van der Waals surface area contributed by atoms with E-state index in [2.05, 4.69) is 5.32 Å². The van der Waals surface area contributed by atoms with Crippen LogP contribution in [0.4, 0.5) is 11.4 Å². The van der Waals surface area contributed by atoms with Crippen molar-refractivity contribution in [3.8, 4) is 11.5 Å². The van der Waals surface area contributed by atoms with Gasteiger partial charge in [0.2, 0.25) is 15.9 Å². The smallest absolute Gasteiger partial charge is 0.249 e. The van der Waals surface area contributed by atoms with Gasteiger partial charge in [0.05, 0.1) is 25.6 Å². The van der Waals surface area contributed by atoms with Gasteiger partial charge in [0.1, 0.15) is 11.5 Å². The maximum atomic E-state index is 13.6. The third kappa shape index (κ3) is 3.60. The Morgan fingerprint density at radius 3 is 2.37 bits per heavy atom. The Morgan fingerprint density at radius 2 is 1.77 bits per heavy atom. The Balaban J connectivity index is 1.98. The maximum absolute atomic E-state index is 13.6. The molecule has 30 heavy (non-hydrogen) atoms. The molecule has 1 saturated heterocycles. The summed E-state index contributed by atoms with van der Waals surface area (Å²) in [5, 5.41) is 2.75. The zero-order chi connectivity index (χ0) is 22.1. The van der Waals surface area contributed by atoms with Gasteiger partial charge in [-0.05, 0) is 56.9 Å². The normalized spacial score (nSPS) is 20.5. The summed E-state index contributed by atoms with van der Waals surface area (Å²) in [6.07, 6.45) is 0.817. The van der Waals surface area contributed by atoms with E-state index in [1.807, 2.05) is 32.0 Å². The molecule has 2 aromatic rings. The van der Waals surface area contributed by atoms with Gasteiger partial charge in [-0.2, -0.15) is 0 Å². The minimum Gasteiger partial charge on any atom is -0.497 e. The number of rotatable bonds is 5. The topological polar surface area (TPSA) is 84.9 Å². The minimum absolute atomic E-state index is 0.237. The van der Waals surface area contributed by atoms with E-state index in [9.17, 15) is 13.2 Å². The Morgan fingerprint density at radius 1 is 1.10 bits per heavy atom. The third-order valence-corrected chi connectivity index (χ3v) is 8.17. The van der Waals surface area contributed by atoms with Crippen LogP contribution in [-0.4, -0.2) is 39.8 Å². The molecule has 0 spiro atoms. The number of aryl methyl sites for hydroxylation is 2. The predicted molar refractivity (Wildman–Crippen MR) is 118 cm³/mol. The first kappa shape index (κ1) is 22.0. The fourth-order valence-corrected chi connectivity index (χ4v) is 5.94. The Hall–Kier alpha value is -2.74. The van der Waals surface area contributed by atoms with Crippen LogP contribution in [0, 0.1) is 13.8 Å². The van der Waals surface area contributed by atoms with Gasteiger partial charge in [-0.1, -0.05) is 18.2 Å². The molecule has 7 nitrogen and oxygen atoms in total. The number of methoxy groups -OCH3 is 2. The van der Waals surface area contributed by atoms with Gasteiger partial charge < -0.3 is 14.8 Å². The fourth-order valence-electron chi connectivity index (χ4n) is 3.87. The highest BCUT2D eigenvalue weighted by Crippen LogP contribution is 2.39. The summed E-state index contributed by atoms with van der Waals surface area (Å²) in [6, 6.07) is 10.6. The number of amides is 1. The number of para-hydroxylation sites is 1. The first-order valence-corrected chi connectivity index (χ1v) is 11.2. The zero-order valence-electron chi connectivity index (χ0n) is 18.0. The SMILES string of the molecule is COc1ccc(NC(=O)C2(C)CCCN(c3c(C)cccc3C)S2(=O)=O)c(OC)c1. The summed E-state index contributed by atoms with van der Waals surface area (Å²) < 4.78 is 37.6. The molecule has 8 heteroatoms. The van der Waals surface area contributed by atoms with E-state index in [0.29, 0.717) is 35.8 Å². The molecule has 1 aliphatic heterocycles. The van der Waals surface area contributed by atoms with E-state index < -0.39 is 20.7 Å². The van der Waals surface area contributed by atoms with Crippen LogP contribution in [0.1, 0.15) is 30.9 Å². The summed E-state index contributed by atoms with van der Waals surface area (Å²) in [5.74, 6) is 0.385. The van der Waals surface area contributed by atoms with Gasteiger partial charge in [-0.15, -0.1) is 0 Å². The van der Waals surface area contributed by atoms with Crippen molar-refractivity contribution in [1.82, 2.24) is 0 Å². The third-order valence-electron chi connectivity index (χ3n) is 5.70. The van der Waals surface area contributed by atoms with Gasteiger partial charge in [0, 0.05) is 12.6 Å². The van der Waals surface area contributed by atoms with Gasteiger partial charge in [0.25, 0.3) is 0 Å². The van der Waals surface area contributed by atoms with Crippen molar-refractivity contribution in [2.24, 2.45) is 0 Å². The molecule has 162 valence electrons. The van der Waals surface area contributed by atoms with Crippen LogP contribution >= 0.6 is 0 Å².